The van der Waals surface area contributed by atoms with Crippen LogP contribution in [0.5, 0.6) is 28.7 Å². The molecule has 5 amide bonds. The number of aromatic nitrogens is 10. The minimum atomic E-state index is -0.725. The van der Waals surface area contributed by atoms with Crippen molar-refractivity contribution in [3.63, 3.8) is 0 Å². The summed E-state index contributed by atoms with van der Waals surface area (Å²) in [6.07, 6.45) is 10.5. The topological polar surface area (TPSA) is 377 Å². The van der Waals surface area contributed by atoms with Gasteiger partial charge in [-0.05, 0) is 127 Å². The largest absolute Gasteiger partial charge is 0.502 e. The second kappa shape index (κ2) is 43.7. The molecule has 30 nitrogen and oxygen atoms in total. The monoisotopic (exact) mass is 2000 g/mol. The smallest absolute Gasteiger partial charge is 0.276 e. The lowest BCUT2D eigenvalue weighted by atomic mass is 9.83. The number of aryl methyl sites for hydroxylation is 4. The highest BCUT2D eigenvalue weighted by Crippen LogP contribution is 2.47. The molecule has 9 atom stereocenters. The van der Waals surface area contributed by atoms with Crippen LogP contribution in [0.1, 0.15) is 222 Å². The average Bonchev–Trinajstić information content (AvgIpc) is 0.761. The summed E-state index contributed by atoms with van der Waals surface area (Å²) in [4.78, 5) is 132. The molecule has 5 aromatic heterocycles. The molecule has 1 aliphatic carbocycles. The molecule has 10 heterocycles. The third kappa shape index (κ3) is 21.0. The van der Waals surface area contributed by atoms with Crippen LogP contribution in [0.3, 0.4) is 0 Å². The molecule has 10 aromatic carbocycles. The fraction of sp³-hybridized carbons (Fsp3) is 0.254. The van der Waals surface area contributed by atoms with Crippen LogP contribution in [0.15, 0.2) is 316 Å². The summed E-state index contributed by atoms with van der Waals surface area (Å²) >= 11 is 6.10. The number of amides is 5. The van der Waals surface area contributed by atoms with Crippen molar-refractivity contribution in [1.82, 2.24) is 73.4 Å². The van der Waals surface area contributed by atoms with Crippen LogP contribution in [0, 0.1) is 39.3 Å². The molecule has 1 fully saturated rings. The average molecular weight is 2000 g/mol. The summed E-state index contributed by atoms with van der Waals surface area (Å²) in [6, 6.07) is 81.0. The van der Waals surface area contributed by atoms with Gasteiger partial charge in [0.05, 0.1) is 61.2 Å². The standard InChI is InChI=1S/C26H27N3O3.C22H20ClN3O3.2C22H20FN3O3.C22H21N3O3/c30-22-16-27-29-21(23(18-10-4-1-5-11-18)19-12-6-2-7-13-19)17-28(20-14-8-3-9-15-20)26(32)24(29)25(22)31;1-13-4-3-5-15(10-13)19(14-6-8-16(23)9-7-14)17-12-25(2)22(29)20-21(28)18(27)11-24-26(17)20;1-13-6-5-7-14(10-13)19(15-8-3-4-9-16(15)23)17-12-25(2)22(29)20-21(28)18(27)11-24-26(17)20;1-13-4-3-5-15(10-13)19(14-6-8-16(23)9-7-14)17-12-25(2)22(29)20-21(28)18(27)11-24-26(17)20;1-14-7-6-10-16(11-14)19(15-8-4-3-5-9-15)17-13-24(2)22(28)20-21(27)18(26)12-23-25(17)20/h1-2,4-7,10-13,16,20-21,23,31H,3,8-9,14-15,17H2;3*3-11,17,19,28H,12H2,1-2H3;3-12,17,19,27H,13H2,1-2H3. The summed E-state index contributed by atoms with van der Waals surface area (Å²) < 4.78 is 35.8. The molecule has 5 aliphatic heterocycles. The fourth-order valence-electron chi connectivity index (χ4n) is 21.1. The molecule has 147 heavy (non-hydrogen) atoms. The highest BCUT2D eigenvalue weighted by atomic mass is 35.5. The maximum atomic E-state index is 14.9. The highest BCUT2D eigenvalue weighted by Gasteiger charge is 2.47. The van der Waals surface area contributed by atoms with Gasteiger partial charge in [-0.1, -0.05) is 284 Å². The molecule has 750 valence electrons. The van der Waals surface area contributed by atoms with Gasteiger partial charge in [-0.2, -0.15) is 25.5 Å². The Bertz CT molecular complexity index is 7580. The third-order valence-corrected chi connectivity index (χ3v) is 28.4. The van der Waals surface area contributed by atoms with E-state index in [2.05, 4.69) is 68.0 Å². The number of nitrogens with zero attached hydrogens (tertiary/aromatic N) is 15. The van der Waals surface area contributed by atoms with Crippen LogP contribution < -0.4 is 27.1 Å². The first-order valence-electron chi connectivity index (χ1n) is 48.3. The van der Waals surface area contributed by atoms with Gasteiger partial charge < -0.3 is 50.0 Å². The SMILES string of the molecule is Cc1cccc(C(c2ccc(Cl)cc2)C2CN(C)C(=O)c3c(O)c(=O)cnn32)c1.Cc1cccc(C(c2ccc(F)cc2)C2CN(C)C(=O)c3c(O)c(=O)cnn32)c1.Cc1cccc(C(c2ccccc2)C2CN(C)C(=O)c3c(O)c(=O)cnn32)c1.Cc1cccc(C(c2ccccc2F)C2CN(C)C(=O)c3c(O)c(=O)cnn32)c1.O=C1c2c(O)c(=O)cnn2C(C(c2ccccc2)c2ccccc2)CN1C1CCCCC1. The number of hydrogen-bond donors (Lipinski definition) is 5. The molecular formula is C114H108ClF2N15O15. The molecule has 6 aliphatic rings. The highest BCUT2D eigenvalue weighted by molar-refractivity contribution is 6.30. The minimum Gasteiger partial charge on any atom is -0.502 e. The zero-order valence-electron chi connectivity index (χ0n) is 81.8. The summed E-state index contributed by atoms with van der Waals surface area (Å²) in [5.74, 6) is -6.81. The van der Waals surface area contributed by atoms with Crippen molar-refractivity contribution in [3.8, 4) is 28.7 Å². The second-order valence-electron chi connectivity index (χ2n) is 38.0. The summed E-state index contributed by atoms with van der Waals surface area (Å²) in [5.41, 5.74) is 10.1. The van der Waals surface area contributed by atoms with Gasteiger partial charge in [0.15, 0.2) is 57.2 Å². The van der Waals surface area contributed by atoms with Crippen molar-refractivity contribution < 1.29 is 58.3 Å². The molecule has 0 radical (unpaired) electrons. The van der Waals surface area contributed by atoms with Crippen LogP contribution in [0.2, 0.25) is 5.02 Å². The van der Waals surface area contributed by atoms with E-state index >= 15 is 0 Å². The van der Waals surface area contributed by atoms with Crippen molar-refractivity contribution in [2.24, 2.45) is 0 Å². The van der Waals surface area contributed by atoms with Crippen molar-refractivity contribution in [3.05, 3.63) is 466 Å². The van der Waals surface area contributed by atoms with Crippen molar-refractivity contribution in [2.75, 3.05) is 60.9 Å². The molecule has 15 aromatic rings. The first-order chi connectivity index (χ1) is 70.7. The number of aromatic hydroxyl groups is 5. The number of halogens is 3. The van der Waals surface area contributed by atoms with Gasteiger partial charge >= 0.3 is 0 Å². The minimum absolute atomic E-state index is 0.0104. The van der Waals surface area contributed by atoms with Gasteiger partial charge in [-0.15, -0.1) is 0 Å². The number of carbonyl (C=O) groups excluding carboxylic acids is 5. The molecular weight excluding hydrogens is 1890 g/mol. The lowest BCUT2D eigenvalue weighted by molar-refractivity contribution is 0.0482. The van der Waals surface area contributed by atoms with Crippen molar-refractivity contribution in [1.29, 1.82) is 0 Å². The molecule has 21 rings (SSSR count). The van der Waals surface area contributed by atoms with Gasteiger partial charge in [0.25, 0.3) is 29.5 Å². The third-order valence-electron chi connectivity index (χ3n) is 28.1. The van der Waals surface area contributed by atoms with Crippen LogP contribution >= 0.6 is 11.6 Å². The van der Waals surface area contributed by atoms with Crippen LogP contribution in [-0.2, 0) is 0 Å². The first-order valence-corrected chi connectivity index (χ1v) is 48.6. The maximum Gasteiger partial charge on any atom is 0.276 e. The van der Waals surface area contributed by atoms with Gasteiger partial charge in [0.2, 0.25) is 27.1 Å². The van der Waals surface area contributed by atoms with E-state index in [1.54, 1.807) is 63.2 Å². The van der Waals surface area contributed by atoms with E-state index in [-0.39, 0.29) is 100 Å². The number of likely N-dealkylation sites (N-methyl/N-ethyl adjacent to an activating group) is 4. The van der Waals surface area contributed by atoms with Crippen LogP contribution in [-0.4, -0.2) is 195 Å². The van der Waals surface area contributed by atoms with E-state index in [4.69, 9.17) is 11.6 Å². The molecule has 0 spiro atoms. The molecule has 33 heteroatoms. The second-order valence-corrected chi connectivity index (χ2v) is 38.4. The van der Waals surface area contributed by atoms with Gasteiger partial charge in [0.1, 0.15) is 11.6 Å². The molecule has 1 saturated carbocycles. The Balaban J connectivity index is 0.000000126. The Kier molecular flexibility index (Phi) is 30.2. The number of carbonyl (C=O) groups is 5. The Labute approximate surface area is 849 Å². The van der Waals surface area contributed by atoms with E-state index in [0.717, 1.165) is 129 Å². The van der Waals surface area contributed by atoms with Gasteiger partial charge in [0, 0.05) is 102 Å². The summed E-state index contributed by atoms with van der Waals surface area (Å²) in [7, 11) is 6.54. The van der Waals surface area contributed by atoms with Crippen molar-refractivity contribution in [2.45, 2.75) is 126 Å². The van der Waals surface area contributed by atoms with Gasteiger partial charge in [-0.25, -0.2) is 8.78 Å². The van der Waals surface area contributed by atoms with Gasteiger partial charge in [-0.3, -0.25) is 71.4 Å². The number of benzene rings is 10. The normalized spacial score (nSPS) is 17.6. The lowest BCUT2D eigenvalue weighted by Crippen LogP contribution is -2.51. The van der Waals surface area contributed by atoms with E-state index < -0.39 is 97.5 Å². The Morgan fingerprint density at radius 2 is 0.537 bits per heavy atom. The van der Waals surface area contributed by atoms with E-state index in [9.17, 15) is 82.3 Å². The molecule has 0 bridgehead atoms. The zero-order valence-corrected chi connectivity index (χ0v) is 82.6. The van der Waals surface area contributed by atoms with Crippen LogP contribution in [0.25, 0.3) is 0 Å². The summed E-state index contributed by atoms with van der Waals surface area (Å²) in [5, 5.41) is 73.6. The van der Waals surface area contributed by atoms with E-state index in [1.807, 2.05) is 202 Å². The quantitative estimate of drug-likeness (QED) is 0.0600. The molecule has 5 N–H and O–H groups in total. The van der Waals surface area contributed by atoms with E-state index in [0.29, 0.717) is 36.8 Å². The zero-order chi connectivity index (χ0) is 104. The van der Waals surface area contributed by atoms with Crippen molar-refractivity contribution >= 4 is 41.1 Å². The Morgan fingerprint density at radius 1 is 0.286 bits per heavy atom. The molecule has 0 saturated heterocycles. The Morgan fingerprint density at radius 3 is 0.844 bits per heavy atom. The lowest BCUT2D eigenvalue weighted by Gasteiger charge is -2.43. The first kappa shape index (κ1) is 102. The Hall–Kier alpha value is -16.9. The maximum absolute atomic E-state index is 14.9. The van der Waals surface area contributed by atoms with E-state index in [1.165, 1.54) is 62.9 Å². The number of hydrogen-bond acceptors (Lipinski definition) is 20. The number of fused-ring (bicyclic) bond motifs is 5. The number of rotatable bonds is 16. The summed E-state index contributed by atoms with van der Waals surface area (Å²) in [6.45, 7) is 9.83. The predicted molar refractivity (Wildman–Crippen MR) is 549 cm³/mol. The fourth-order valence-corrected chi connectivity index (χ4v) is 21.3. The molecule has 9 unspecified atom stereocenters. The van der Waals surface area contributed by atoms with Crippen LogP contribution in [0.4, 0.5) is 8.78 Å². The predicted octanol–water partition coefficient (Wildman–Crippen LogP) is 15.9.